The molecule has 4 atom stereocenters. The Balaban J connectivity index is -0.000000244. The minimum atomic E-state index is -4.19. The number of hydrogen-bond donors (Lipinski definition) is 4. The molecule has 2 aliphatic rings. The van der Waals surface area contributed by atoms with Gasteiger partial charge in [0.2, 0.25) is 0 Å². The predicted molar refractivity (Wildman–Crippen MR) is 627 cm³/mol. The summed E-state index contributed by atoms with van der Waals surface area (Å²) in [5.41, 5.74) is 23.7. The molecular formula is C81H210Cl6N33P13. The fourth-order valence-corrected chi connectivity index (χ4v) is 62.3. The molecule has 0 aromatic heterocycles. The second-order valence-corrected chi connectivity index (χ2v) is 65.1. The van der Waals surface area contributed by atoms with Crippen LogP contribution >= 0.6 is 164 Å². The first-order valence-corrected chi connectivity index (χ1v) is 75.4. The van der Waals surface area contributed by atoms with Gasteiger partial charge in [-0.3, -0.25) is 14.5 Å². The molecule has 133 heavy (non-hydrogen) atoms. The maximum Gasteiger partial charge on any atom is 0.348 e. The molecule has 0 bridgehead atoms. The zero-order valence-electron chi connectivity index (χ0n) is 92.5. The van der Waals surface area contributed by atoms with Crippen LogP contribution < -0.4 is 0 Å². The number of hydrogen-bond acceptors (Lipinski definition) is 22. The average molecular weight is 2260 g/mol. The van der Waals surface area contributed by atoms with E-state index < -0.39 is 96.8 Å². The highest BCUT2D eigenvalue weighted by molar-refractivity contribution is 8.26. The predicted octanol–water partition coefficient (Wildman–Crippen LogP) is 44.2. The van der Waals surface area contributed by atoms with Crippen molar-refractivity contribution in [2.75, 3.05) is 151 Å². The van der Waals surface area contributed by atoms with Gasteiger partial charge in [-0.15, -0.1) is 29.3 Å². The van der Waals surface area contributed by atoms with Gasteiger partial charge in [0.15, 0.2) is 49.2 Å². The molecule has 2 rings (SSSR count). The smallest absolute Gasteiger partial charge is 0.290 e. The second kappa shape index (κ2) is 97.9. The summed E-state index contributed by atoms with van der Waals surface area (Å²) in [5.74, 6) is -8.72. The van der Waals surface area contributed by atoms with Gasteiger partial charge >= 0.3 is 22.5 Å². The van der Waals surface area contributed by atoms with Gasteiger partial charge in [-0.05, 0) is 74.1 Å². The van der Waals surface area contributed by atoms with E-state index in [1.807, 2.05) is 0 Å². The van der Waals surface area contributed by atoms with Crippen molar-refractivity contribution in [1.29, 1.82) is 21.8 Å². The third kappa shape index (κ3) is 63.1. The topological polar surface area (TPSA) is 354 Å². The molecular weight excluding hydrogens is 2050 g/mol. The standard InChI is InChI=1S/C36H96N27P9.C9H24N3P.9C4H10.Cl6N3P3/c1-19-55(20-2)70(56(21-3)22-4,57(23-5)24-6)52-68(48-45-66-42-39)49-67(46-43-64-40-37,47-44-65-41-38)50-69(51-68,53-71(58(25-7)26-8,59(27-9)28-10)60(29-11)30-12)54-72(61(31-13)32-14,62(33-15)34-16)63(35-17)36-18;1-6-11(7-2)13(5,10)12(8-3)9-4;9*1-3-4-2;1-10(2)7-11(3,4)9-12(5,6)8-10/h37-39,64-66H,19-36H2,1-18H3;10H,6-9H2,1-5H3;9*3-4H2,1-2H3;. The summed E-state index contributed by atoms with van der Waals surface area (Å²) in [4.78, 5) is 39.8. The first-order valence-electron chi connectivity index (χ1n) is 50.4. The highest BCUT2D eigenvalue weighted by Gasteiger charge is 2.51. The number of halogens is 6. The van der Waals surface area contributed by atoms with Gasteiger partial charge < -0.3 is 0 Å². The van der Waals surface area contributed by atoms with E-state index in [1.54, 1.807) is 0 Å². The van der Waals surface area contributed by atoms with Crippen molar-refractivity contribution >= 4 is 164 Å². The fraction of sp³-hybridized carbons (Fsp3) is 1.00. The molecule has 0 saturated heterocycles. The van der Waals surface area contributed by atoms with Crippen molar-refractivity contribution in [3.8, 4) is 0 Å². The first kappa shape index (κ1) is 156. The molecule has 52 heteroatoms. The van der Waals surface area contributed by atoms with Crippen molar-refractivity contribution < 1.29 is 0 Å². The largest absolute Gasteiger partial charge is 0.348 e. The Kier molecular flexibility index (Phi) is 115. The van der Waals surface area contributed by atoms with E-state index >= 15 is 0 Å². The van der Waals surface area contributed by atoms with Crippen molar-refractivity contribution in [2.45, 2.75) is 393 Å². The lowest BCUT2D eigenvalue weighted by Gasteiger charge is -2.50. The lowest BCUT2D eigenvalue weighted by Crippen LogP contribution is -2.41. The normalized spacial score (nSPS) is 16.5. The molecule has 806 valence electrons. The zero-order valence-corrected chi connectivity index (χ0v) is 109. The van der Waals surface area contributed by atoms with Crippen LogP contribution in [-0.4, -0.2) is 202 Å². The molecule has 2 heterocycles. The summed E-state index contributed by atoms with van der Waals surface area (Å²) < 4.78 is 74.6. The Morgan fingerprint density at radius 2 is 0.338 bits per heavy atom. The molecule has 0 aliphatic carbocycles. The van der Waals surface area contributed by atoms with Crippen LogP contribution in [0.25, 0.3) is 0 Å². The van der Waals surface area contributed by atoms with E-state index in [1.165, 1.54) is 116 Å². The monoisotopic (exact) mass is 2260 g/mol. The van der Waals surface area contributed by atoms with Crippen LogP contribution in [0.5, 0.6) is 0 Å². The third-order valence-electron chi connectivity index (χ3n) is 19.9. The molecule has 0 fully saturated rings. The molecule has 33 nitrogen and oxygen atoms in total. The highest BCUT2D eigenvalue weighted by Crippen LogP contribution is 2.90. The average Bonchev–Trinajstić information content (AvgIpc) is 0.703. The Bertz CT molecular complexity index is 3060. The second-order valence-electron chi connectivity index (χ2n) is 29.0. The van der Waals surface area contributed by atoms with Gasteiger partial charge in [-0.2, -0.15) is 55.3 Å². The quantitative estimate of drug-likeness (QED) is 0.0327. The molecule has 0 aromatic carbocycles. The van der Waals surface area contributed by atoms with Crippen LogP contribution in [0.2, 0.25) is 0 Å². The van der Waals surface area contributed by atoms with Crippen LogP contribution in [0.3, 0.4) is 0 Å². The third-order valence-corrected chi connectivity index (χ3v) is 61.5. The molecule has 0 amide bonds. The maximum atomic E-state index is 8.40. The summed E-state index contributed by atoms with van der Waals surface area (Å²) in [6.45, 7) is 105. The molecule has 4 N–H and O–H groups in total. The summed E-state index contributed by atoms with van der Waals surface area (Å²) in [6, 6.07) is 0. The van der Waals surface area contributed by atoms with Crippen molar-refractivity contribution in [3.05, 3.63) is 0 Å². The highest BCUT2D eigenvalue weighted by atomic mass is 35.9. The van der Waals surface area contributed by atoms with Gasteiger partial charge in [0.1, 0.15) is 0 Å². The number of nitrogens with one attached hydrogen (secondary N) is 4. The lowest BCUT2D eigenvalue weighted by molar-refractivity contribution is 0.340. The van der Waals surface area contributed by atoms with Gasteiger partial charge in [0, 0.05) is 144 Å². The van der Waals surface area contributed by atoms with Crippen LogP contribution in [0, 0.1) is 21.8 Å². The minimum Gasteiger partial charge on any atom is -0.290 e. The number of nitrogens with zero attached hydrogens (tertiary/aromatic N) is 29. The number of unbranched alkanes of at least 4 members (excludes halogenated alkanes) is 9. The zero-order chi connectivity index (χ0) is 105. The molecule has 0 aromatic rings. The van der Waals surface area contributed by atoms with E-state index in [2.05, 4.69) is 378 Å². The van der Waals surface area contributed by atoms with E-state index in [4.69, 9.17) is 131 Å². The Hall–Kier alpha value is 2.49. The van der Waals surface area contributed by atoms with E-state index in [9.17, 15) is 0 Å². The van der Waals surface area contributed by atoms with E-state index in [-0.39, 0.29) is 0 Å². The first-order chi connectivity index (χ1) is 63.0. The van der Waals surface area contributed by atoms with Crippen molar-refractivity contribution in [3.63, 3.8) is 0 Å². The van der Waals surface area contributed by atoms with Gasteiger partial charge in [-0.1, -0.05) is 393 Å². The molecule has 0 saturated carbocycles. The lowest BCUT2D eigenvalue weighted by atomic mass is 10.4. The Labute approximate surface area is 858 Å². The molecule has 0 spiro atoms. The van der Waals surface area contributed by atoms with Crippen LogP contribution in [0.1, 0.15) is 393 Å². The maximum absolute atomic E-state index is 8.40. The van der Waals surface area contributed by atoms with Gasteiger partial charge in [0.05, 0.1) is 7.36 Å². The fourth-order valence-electron chi connectivity index (χ4n) is 11.3. The van der Waals surface area contributed by atoms with Crippen molar-refractivity contribution in [1.82, 2.24) is 51.4 Å². The van der Waals surface area contributed by atoms with Crippen LogP contribution in [0.4, 0.5) is 0 Å². The van der Waals surface area contributed by atoms with E-state index in [0.717, 1.165) is 26.2 Å². The van der Waals surface area contributed by atoms with Crippen molar-refractivity contribution in [2.24, 2.45) is 84.6 Å². The molecule has 2 aliphatic heterocycles. The minimum absolute atomic E-state index is 0.606. The summed E-state index contributed by atoms with van der Waals surface area (Å²) in [6.07, 6.45) is 23.7. The summed E-state index contributed by atoms with van der Waals surface area (Å²) in [5, 5.41) is 8.40. The number of rotatable bonds is 54. The molecule has 4 unspecified atom stereocenters. The van der Waals surface area contributed by atoms with Gasteiger partial charge in [0.25, 0.3) is 17.7 Å². The Morgan fingerprint density at radius 1 is 0.211 bits per heavy atom. The van der Waals surface area contributed by atoms with E-state index in [0.29, 0.717) is 118 Å². The van der Waals surface area contributed by atoms with Crippen LogP contribution in [0.15, 0.2) is 84.6 Å². The molecule has 0 radical (unpaired) electrons. The van der Waals surface area contributed by atoms with Gasteiger partial charge in [-0.25, -0.2) is 58.6 Å². The summed E-state index contributed by atoms with van der Waals surface area (Å²) >= 11 is 33.9. The SMILES string of the molecule is CCCC.CCCC.CCCC.CCCC.CCCC.CCCC.CCCC.CCCC.CCCC.CCN(CC)P(=NP1(N=NPN=N)=NP(N=P(N(CC)CC)(N(CC)CC)N(CC)CC)(N=P(N(CC)CC)(N(CC)CC)N(CC)CC)=NP(N=NPN=N)(N=NPN=N)=N1)(N(CC)CC)N(CC)CC.CCN(CC)P(C)(=N)N(CC)CC.ClP1(Cl)=NP(Cl)(Cl)=NP(Cl)(Cl)=N1. The Morgan fingerprint density at radius 3 is 0.474 bits per heavy atom. The van der Waals surface area contributed by atoms with Crippen LogP contribution in [-0.2, 0) is 0 Å². The summed E-state index contributed by atoms with van der Waals surface area (Å²) in [7, 11) is -25.4.